The summed E-state index contributed by atoms with van der Waals surface area (Å²) in [6.45, 7) is 14.7. The Hall–Kier alpha value is -1.88. The van der Waals surface area contributed by atoms with E-state index in [2.05, 4.69) is 54.5 Å². The predicted molar refractivity (Wildman–Crippen MR) is 225 cm³/mol. The van der Waals surface area contributed by atoms with Gasteiger partial charge in [-0.1, -0.05) is 60.1 Å². The highest BCUT2D eigenvalue weighted by atomic mass is 16.8. The Morgan fingerprint density at radius 3 is 2.02 bits per heavy atom. The van der Waals surface area contributed by atoms with Crippen LogP contribution in [0, 0.1) is 50.2 Å². The van der Waals surface area contributed by atoms with Crippen molar-refractivity contribution in [2.45, 2.75) is 205 Å². The smallest absolute Gasteiger partial charge is 0.335 e. The number of aliphatic carboxylic acids is 2. The van der Waals surface area contributed by atoms with Crippen LogP contribution in [0.25, 0.3) is 0 Å². The molecule has 0 amide bonds. The molecule has 3 aliphatic heterocycles. The highest BCUT2D eigenvalue weighted by Crippen LogP contribution is 2.76. The first kappa shape index (κ1) is 49.5. The molecule has 0 bridgehead atoms. The number of rotatable bonds is 9. The van der Waals surface area contributed by atoms with Crippen LogP contribution in [0.2, 0.25) is 0 Å². The molecule has 22 unspecified atom stereocenters. The largest absolute Gasteiger partial charge is 0.481 e. The normalized spacial score (nSPS) is 52.8. The molecule has 8 aliphatic rings. The second kappa shape index (κ2) is 17.2. The average molecular weight is 927 g/mol. The Morgan fingerprint density at radius 1 is 0.692 bits per heavy atom. The van der Waals surface area contributed by atoms with Gasteiger partial charge in [0, 0.05) is 0 Å². The molecule has 22 atom stereocenters. The van der Waals surface area contributed by atoms with E-state index in [4.69, 9.17) is 28.4 Å². The average Bonchev–Trinajstić information content (AvgIpc) is 3.23. The second-order valence-electron chi connectivity index (χ2n) is 23.1. The van der Waals surface area contributed by atoms with E-state index in [-0.39, 0.29) is 39.4 Å². The van der Waals surface area contributed by atoms with E-state index in [1.165, 1.54) is 5.57 Å². The zero-order valence-electron chi connectivity index (χ0n) is 38.7. The Bertz CT molecular complexity index is 1820. The first-order valence-corrected chi connectivity index (χ1v) is 23.7. The molecule has 0 spiro atoms. The van der Waals surface area contributed by atoms with E-state index in [1.807, 2.05) is 0 Å². The van der Waals surface area contributed by atoms with E-state index in [0.29, 0.717) is 19.3 Å². The third-order valence-electron chi connectivity index (χ3n) is 18.9. The predicted octanol–water partition coefficient (Wildman–Crippen LogP) is 1.44. The maximum atomic E-state index is 13.2. The van der Waals surface area contributed by atoms with Gasteiger partial charge in [0.2, 0.25) is 0 Å². The lowest BCUT2D eigenvalue weighted by molar-refractivity contribution is -0.391. The summed E-state index contributed by atoms with van der Waals surface area (Å²) in [6, 6.07) is 0. The summed E-state index contributed by atoms with van der Waals surface area (Å²) in [5.41, 5.74) is -0.471. The van der Waals surface area contributed by atoms with Gasteiger partial charge in [-0.15, -0.1) is 0 Å². The standard InChI is InChI=1S/C47H74O18/c1-42(2)14-16-47(41(58)59)17-15-45(6)21(22(47)18-42)8-9-26-44(5)12-11-27(43(3,4)25(44)10-13-46(26,45)7)62-40-36(65-38-31(53)28(50)23(49)20-60-38)34(33(55)35(64-40)37(56)57)63-39-32(54)30(52)29(51)24(19-48)61-39/h8,22-36,38-40,48-55H,9-20H2,1-7H3,(H,56,57)(H,58,59). The molecule has 0 aromatic heterocycles. The summed E-state index contributed by atoms with van der Waals surface area (Å²) in [5, 5.41) is 106. The zero-order valence-corrected chi connectivity index (χ0v) is 38.7. The molecule has 65 heavy (non-hydrogen) atoms. The second-order valence-corrected chi connectivity index (χ2v) is 23.1. The molecule has 7 fully saturated rings. The van der Waals surface area contributed by atoms with Crippen LogP contribution in [-0.2, 0) is 38.0 Å². The Morgan fingerprint density at radius 2 is 1.35 bits per heavy atom. The number of hydrogen-bond acceptors (Lipinski definition) is 16. The van der Waals surface area contributed by atoms with Crippen molar-refractivity contribution in [2.24, 2.45) is 50.2 Å². The van der Waals surface area contributed by atoms with Crippen LogP contribution >= 0.6 is 0 Å². The van der Waals surface area contributed by atoms with Crippen molar-refractivity contribution in [1.29, 1.82) is 0 Å². The molecule has 4 saturated carbocycles. The van der Waals surface area contributed by atoms with E-state index in [9.17, 15) is 60.7 Å². The minimum absolute atomic E-state index is 0.0212. The maximum absolute atomic E-state index is 13.2. The van der Waals surface area contributed by atoms with Crippen LogP contribution in [-0.4, -0.2) is 168 Å². The summed E-state index contributed by atoms with van der Waals surface area (Å²) in [6.07, 6.45) is -15.3. The van der Waals surface area contributed by atoms with Crippen molar-refractivity contribution < 1.29 is 89.1 Å². The van der Waals surface area contributed by atoms with Gasteiger partial charge in [0.15, 0.2) is 25.0 Å². The van der Waals surface area contributed by atoms with Crippen molar-refractivity contribution in [3.05, 3.63) is 11.6 Å². The third-order valence-corrected chi connectivity index (χ3v) is 18.9. The Balaban J connectivity index is 1.10. The van der Waals surface area contributed by atoms with E-state index in [1.54, 1.807) is 0 Å². The number of carboxylic acid groups (broad SMARTS) is 2. The van der Waals surface area contributed by atoms with Gasteiger partial charge in [0.05, 0.1) is 24.7 Å². The van der Waals surface area contributed by atoms with Gasteiger partial charge < -0.3 is 79.5 Å². The van der Waals surface area contributed by atoms with Gasteiger partial charge in [0.25, 0.3) is 0 Å². The molecule has 18 heteroatoms. The number of ether oxygens (including phenoxy) is 6. The molecule has 3 heterocycles. The topological polar surface area (TPSA) is 292 Å². The fourth-order valence-electron chi connectivity index (χ4n) is 14.8. The first-order chi connectivity index (χ1) is 30.3. The lowest BCUT2D eigenvalue weighted by atomic mass is 9.33. The molecule has 370 valence electrons. The van der Waals surface area contributed by atoms with Gasteiger partial charge in [-0.05, 0) is 109 Å². The van der Waals surface area contributed by atoms with Gasteiger partial charge in [-0.3, -0.25) is 4.79 Å². The van der Waals surface area contributed by atoms with Gasteiger partial charge in [-0.25, -0.2) is 4.79 Å². The monoisotopic (exact) mass is 926 g/mol. The summed E-state index contributed by atoms with van der Waals surface area (Å²) in [4.78, 5) is 25.9. The summed E-state index contributed by atoms with van der Waals surface area (Å²) in [7, 11) is 0. The molecular formula is C47H74O18. The maximum Gasteiger partial charge on any atom is 0.335 e. The third kappa shape index (κ3) is 7.76. The first-order valence-electron chi connectivity index (χ1n) is 23.7. The van der Waals surface area contributed by atoms with Gasteiger partial charge in [-0.2, -0.15) is 0 Å². The number of carbonyl (C=O) groups is 2. The van der Waals surface area contributed by atoms with E-state index in [0.717, 1.165) is 44.9 Å². The molecule has 5 aliphatic carbocycles. The number of hydrogen-bond donors (Lipinski definition) is 10. The Kier molecular flexibility index (Phi) is 13.1. The van der Waals surface area contributed by atoms with Gasteiger partial charge >= 0.3 is 11.9 Å². The van der Waals surface area contributed by atoms with Crippen LogP contribution in [0.4, 0.5) is 0 Å². The fraction of sp³-hybridized carbons (Fsp3) is 0.915. The molecule has 0 radical (unpaired) electrons. The summed E-state index contributed by atoms with van der Waals surface area (Å²) >= 11 is 0. The number of aliphatic hydroxyl groups is 8. The molecular weight excluding hydrogens is 852 g/mol. The molecule has 0 aromatic carbocycles. The van der Waals surface area contributed by atoms with Crippen LogP contribution in [0.3, 0.4) is 0 Å². The minimum Gasteiger partial charge on any atom is -0.481 e. The molecule has 0 aromatic rings. The fourth-order valence-corrected chi connectivity index (χ4v) is 14.8. The van der Waals surface area contributed by atoms with Crippen molar-refractivity contribution in [1.82, 2.24) is 0 Å². The van der Waals surface area contributed by atoms with Crippen LogP contribution in [0.1, 0.15) is 113 Å². The molecule has 8 rings (SSSR count). The van der Waals surface area contributed by atoms with Crippen molar-refractivity contribution in [2.75, 3.05) is 13.2 Å². The number of allylic oxidation sites excluding steroid dienone is 2. The van der Waals surface area contributed by atoms with Crippen molar-refractivity contribution in [3.8, 4) is 0 Å². The van der Waals surface area contributed by atoms with Crippen molar-refractivity contribution >= 4 is 11.9 Å². The minimum atomic E-state index is -2.06. The summed E-state index contributed by atoms with van der Waals surface area (Å²) < 4.78 is 36.3. The molecule has 18 nitrogen and oxygen atoms in total. The zero-order chi connectivity index (χ0) is 47.6. The van der Waals surface area contributed by atoms with Crippen LogP contribution < -0.4 is 0 Å². The van der Waals surface area contributed by atoms with E-state index >= 15 is 0 Å². The van der Waals surface area contributed by atoms with Crippen molar-refractivity contribution in [3.63, 3.8) is 0 Å². The van der Waals surface area contributed by atoms with Crippen LogP contribution in [0.5, 0.6) is 0 Å². The Labute approximate surface area is 380 Å². The molecule has 3 saturated heterocycles. The number of fused-ring (bicyclic) bond motifs is 7. The number of carboxylic acids is 2. The highest BCUT2D eigenvalue weighted by Gasteiger charge is 2.70. The SMILES string of the molecule is CC1(C)CCC2(C(=O)O)CCC3(C)C(=CCC4C5(C)CCC(OC6OC(C(=O)O)C(O)C(OC7OC(CO)C(O)C(O)C7O)C6OC6OCC(O)C(O)C6O)C(C)(C)C5CCC43C)C2C1. The molecule has 10 N–H and O–H groups in total. The quantitative estimate of drug-likeness (QED) is 0.116. The lowest BCUT2D eigenvalue weighted by Crippen LogP contribution is -2.68. The van der Waals surface area contributed by atoms with E-state index < -0.39 is 128 Å². The van der Waals surface area contributed by atoms with Gasteiger partial charge in [0.1, 0.15) is 61.0 Å². The highest BCUT2D eigenvalue weighted by molar-refractivity contribution is 5.76. The van der Waals surface area contributed by atoms with Crippen LogP contribution in [0.15, 0.2) is 11.6 Å². The summed E-state index contributed by atoms with van der Waals surface area (Å²) in [5.74, 6) is -1.95. The lowest BCUT2D eigenvalue weighted by Gasteiger charge is -2.71. The number of aliphatic hydroxyl groups excluding tert-OH is 8.